The van der Waals surface area contributed by atoms with Gasteiger partial charge in [0, 0.05) is 7.05 Å². The van der Waals surface area contributed by atoms with Gasteiger partial charge in [0.05, 0.1) is 27.5 Å². The van der Waals surface area contributed by atoms with Crippen molar-refractivity contribution in [1.29, 1.82) is 0 Å². The molecule has 0 spiro atoms. The Morgan fingerprint density at radius 1 is 1.14 bits per heavy atom. The van der Waals surface area contributed by atoms with Gasteiger partial charge in [-0.3, -0.25) is 10.4 Å². The topological polar surface area (TPSA) is 44.5 Å². The number of hydrogen-bond donors (Lipinski definition) is 2. The van der Waals surface area contributed by atoms with E-state index in [0.717, 1.165) is 23.4 Å². The standard InChI is InChI=1S/C16H18Cl2N4/c1-21-16-5-3-2-4-14(16)20-22(21)15(8-9-19)11-6-7-12(17)13(18)10-11/h2-7,10,15,20H,8-9,19H2,1H3/t15-/m0/s1. The highest BCUT2D eigenvalue weighted by Gasteiger charge is 2.30. The zero-order chi connectivity index (χ0) is 15.7. The van der Waals surface area contributed by atoms with Crippen molar-refractivity contribution in [2.24, 2.45) is 5.73 Å². The monoisotopic (exact) mass is 336 g/mol. The van der Waals surface area contributed by atoms with Crippen LogP contribution in [0.3, 0.4) is 0 Å². The quantitative estimate of drug-likeness (QED) is 0.882. The number of halogens is 2. The molecule has 2 aromatic carbocycles. The van der Waals surface area contributed by atoms with Crippen molar-refractivity contribution < 1.29 is 0 Å². The summed E-state index contributed by atoms with van der Waals surface area (Å²) in [5.41, 5.74) is 12.5. The summed E-state index contributed by atoms with van der Waals surface area (Å²) >= 11 is 12.2. The van der Waals surface area contributed by atoms with E-state index in [1.54, 1.807) is 0 Å². The number of para-hydroxylation sites is 2. The van der Waals surface area contributed by atoms with Crippen molar-refractivity contribution in [2.45, 2.75) is 12.5 Å². The van der Waals surface area contributed by atoms with Crippen LogP contribution in [0.2, 0.25) is 10.0 Å². The lowest BCUT2D eigenvalue weighted by molar-refractivity contribution is 0.235. The molecule has 0 bridgehead atoms. The smallest absolute Gasteiger partial charge is 0.0782 e. The zero-order valence-electron chi connectivity index (χ0n) is 12.3. The van der Waals surface area contributed by atoms with Gasteiger partial charge in [0.15, 0.2) is 0 Å². The first-order valence-electron chi connectivity index (χ1n) is 7.15. The Labute approximate surface area is 140 Å². The van der Waals surface area contributed by atoms with E-state index in [0.29, 0.717) is 16.6 Å². The van der Waals surface area contributed by atoms with Gasteiger partial charge in [-0.15, -0.1) is 5.12 Å². The molecular formula is C16H18Cl2N4. The number of hydrazine groups is 2. The molecule has 1 aliphatic heterocycles. The van der Waals surface area contributed by atoms with Crippen molar-refractivity contribution in [3.63, 3.8) is 0 Å². The van der Waals surface area contributed by atoms with Gasteiger partial charge in [0.1, 0.15) is 0 Å². The first-order valence-corrected chi connectivity index (χ1v) is 7.91. The average Bonchev–Trinajstić information content (AvgIpc) is 2.85. The highest BCUT2D eigenvalue weighted by Crippen LogP contribution is 2.38. The molecule has 1 atom stereocenters. The number of anilines is 2. The Kier molecular flexibility index (Phi) is 4.45. The predicted octanol–water partition coefficient (Wildman–Crippen LogP) is 4.08. The van der Waals surface area contributed by atoms with Crippen molar-refractivity contribution in [3.05, 3.63) is 58.1 Å². The van der Waals surface area contributed by atoms with Crippen LogP contribution in [0.1, 0.15) is 18.0 Å². The fourth-order valence-electron chi connectivity index (χ4n) is 2.76. The number of nitrogens with zero attached hydrogens (tertiary/aromatic N) is 2. The molecule has 3 rings (SSSR count). The van der Waals surface area contributed by atoms with Gasteiger partial charge in [-0.25, -0.2) is 0 Å². The summed E-state index contributed by atoms with van der Waals surface area (Å²) in [6.07, 6.45) is 0.795. The molecule has 2 aromatic rings. The molecule has 0 amide bonds. The molecule has 116 valence electrons. The van der Waals surface area contributed by atoms with Gasteiger partial charge in [-0.2, -0.15) is 0 Å². The van der Waals surface area contributed by atoms with Crippen LogP contribution in [0, 0.1) is 0 Å². The average molecular weight is 337 g/mol. The van der Waals surface area contributed by atoms with Gasteiger partial charge in [0.25, 0.3) is 0 Å². The molecule has 0 fully saturated rings. The largest absolute Gasteiger partial charge is 0.330 e. The zero-order valence-corrected chi connectivity index (χ0v) is 13.8. The molecular weight excluding hydrogens is 319 g/mol. The minimum atomic E-state index is 0.0668. The number of rotatable bonds is 4. The van der Waals surface area contributed by atoms with Crippen molar-refractivity contribution >= 4 is 34.6 Å². The van der Waals surface area contributed by atoms with Crippen LogP contribution in [0.4, 0.5) is 11.4 Å². The van der Waals surface area contributed by atoms with E-state index >= 15 is 0 Å². The fourth-order valence-corrected chi connectivity index (χ4v) is 3.07. The molecule has 22 heavy (non-hydrogen) atoms. The Hall–Kier alpha value is -1.46. The third-order valence-electron chi connectivity index (χ3n) is 3.87. The fraction of sp³-hybridized carbons (Fsp3) is 0.250. The second-order valence-corrected chi connectivity index (χ2v) is 6.08. The van der Waals surface area contributed by atoms with E-state index in [1.807, 2.05) is 37.4 Å². The number of benzene rings is 2. The Balaban J connectivity index is 1.94. The molecule has 3 N–H and O–H groups in total. The van der Waals surface area contributed by atoms with E-state index in [9.17, 15) is 0 Å². The number of fused-ring (bicyclic) bond motifs is 1. The summed E-state index contributed by atoms with van der Waals surface area (Å²) in [7, 11) is 2.03. The minimum Gasteiger partial charge on any atom is -0.330 e. The van der Waals surface area contributed by atoms with Crippen LogP contribution in [0.5, 0.6) is 0 Å². The van der Waals surface area contributed by atoms with E-state index in [4.69, 9.17) is 28.9 Å². The van der Waals surface area contributed by atoms with Gasteiger partial charge < -0.3 is 5.73 Å². The normalized spacial score (nSPS) is 15.5. The Morgan fingerprint density at radius 2 is 1.91 bits per heavy atom. The summed E-state index contributed by atoms with van der Waals surface area (Å²) in [6.45, 7) is 0.577. The third kappa shape index (κ3) is 2.75. The number of hydrogen-bond acceptors (Lipinski definition) is 4. The molecule has 0 aromatic heterocycles. The van der Waals surface area contributed by atoms with Crippen LogP contribution in [-0.4, -0.2) is 18.7 Å². The molecule has 0 aliphatic carbocycles. The Morgan fingerprint density at radius 3 is 2.59 bits per heavy atom. The van der Waals surface area contributed by atoms with E-state index in [-0.39, 0.29) is 6.04 Å². The second-order valence-electron chi connectivity index (χ2n) is 5.26. The maximum atomic E-state index is 6.17. The lowest BCUT2D eigenvalue weighted by Gasteiger charge is -2.33. The molecule has 0 unspecified atom stereocenters. The van der Waals surface area contributed by atoms with Crippen LogP contribution in [0.25, 0.3) is 0 Å². The molecule has 1 heterocycles. The van der Waals surface area contributed by atoms with E-state index < -0.39 is 0 Å². The number of nitrogens with one attached hydrogen (secondary N) is 1. The van der Waals surface area contributed by atoms with Crippen LogP contribution < -0.4 is 16.2 Å². The van der Waals surface area contributed by atoms with Gasteiger partial charge in [-0.05, 0) is 42.8 Å². The summed E-state index contributed by atoms with van der Waals surface area (Å²) in [4.78, 5) is 0. The lowest BCUT2D eigenvalue weighted by Crippen LogP contribution is -2.42. The first kappa shape index (κ1) is 15.4. The molecule has 6 heteroatoms. The minimum absolute atomic E-state index is 0.0668. The van der Waals surface area contributed by atoms with Crippen molar-refractivity contribution in [2.75, 3.05) is 24.0 Å². The predicted molar refractivity (Wildman–Crippen MR) is 93.2 cm³/mol. The third-order valence-corrected chi connectivity index (χ3v) is 4.61. The molecule has 1 aliphatic rings. The maximum Gasteiger partial charge on any atom is 0.0782 e. The van der Waals surface area contributed by atoms with Crippen molar-refractivity contribution in [1.82, 2.24) is 5.12 Å². The number of nitrogens with two attached hydrogens (primary N) is 1. The molecule has 0 radical (unpaired) electrons. The van der Waals surface area contributed by atoms with Gasteiger partial charge >= 0.3 is 0 Å². The summed E-state index contributed by atoms with van der Waals surface area (Å²) in [5.74, 6) is 0. The second kappa shape index (κ2) is 6.34. The first-order chi connectivity index (χ1) is 10.6. The van der Waals surface area contributed by atoms with E-state index in [2.05, 4.69) is 27.7 Å². The molecule has 0 saturated heterocycles. The van der Waals surface area contributed by atoms with Gasteiger partial charge in [0.2, 0.25) is 0 Å². The van der Waals surface area contributed by atoms with Crippen LogP contribution >= 0.6 is 23.2 Å². The van der Waals surface area contributed by atoms with Crippen LogP contribution in [0.15, 0.2) is 42.5 Å². The Bertz CT molecular complexity index is 677. The SMILES string of the molecule is CN1c2ccccc2NN1[C@@H](CCN)c1ccc(Cl)c(Cl)c1. The highest BCUT2D eigenvalue weighted by atomic mass is 35.5. The summed E-state index contributed by atoms with van der Waals surface area (Å²) < 4.78 is 0. The maximum absolute atomic E-state index is 6.17. The van der Waals surface area contributed by atoms with E-state index in [1.165, 1.54) is 0 Å². The van der Waals surface area contributed by atoms with Crippen molar-refractivity contribution in [3.8, 4) is 0 Å². The van der Waals surface area contributed by atoms with Crippen LogP contribution in [-0.2, 0) is 0 Å². The summed E-state index contributed by atoms with van der Waals surface area (Å²) in [5, 5.41) is 5.29. The molecule has 0 saturated carbocycles. The summed E-state index contributed by atoms with van der Waals surface area (Å²) in [6, 6.07) is 14.0. The van der Waals surface area contributed by atoms with Gasteiger partial charge in [-0.1, -0.05) is 41.4 Å². The lowest BCUT2D eigenvalue weighted by atomic mass is 10.0. The highest BCUT2D eigenvalue weighted by molar-refractivity contribution is 6.42. The molecule has 4 nitrogen and oxygen atoms in total.